The number of halogens is 1. The molecule has 0 spiro atoms. The van der Waals surface area contributed by atoms with Gasteiger partial charge in [0.15, 0.2) is 0 Å². The minimum absolute atomic E-state index is 0.168. The van der Waals surface area contributed by atoms with Gasteiger partial charge in [-0.2, -0.15) is 0 Å². The van der Waals surface area contributed by atoms with Crippen molar-refractivity contribution >= 4 is 28.0 Å². The first kappa shape index (κ1) is 12.1. The van der Waals surface area contributed by atoms with Crippen LogP contribution in [0.2, 0.25) is 0 Å². The van der Waals surface area contributed by atoms with Gasteiger partial charge in [-0.05, 0) is 36.2 Å². The fourth-order valence-corrected chi connectivity index (χ4v) is 2.81. The Labute approximate surface area is 121 Å². The van der Waals surface area contributed by atoms with E-state index in [0.717, 1.165) is 29.9 Å². The van der Waals surface area contributed by atoms with E-state index in [1.165, 1.54) is 11.6 Å². The van der Waals surface area contributed by atoms with E-state index in [9.17, 15) is 4.39 Å². The topological polar surface area (TPSA) is 55.0 Å². The molecule has 0 saturated heterocycles. The summed E-state index contributed by atoms with van der Waals surface area (Å²) in [6.45, 7) is 0.842. The molecular weight excluding hydrogens is 266 g/mol. The zero-order valence-corrected chi connectivity index (χ0v) is 11.3. The van der Waals surface area contributed by atoms with Gasteiger partial charge in [-0.15, -0.1) is 0 Å². The number of nitrogen functional groups attached to an aromatic ring is 1. The lowest BCUT2D eigenvalue weighted by atomic mass is 10.1. The SMILES string of the molecule is Nc1c([18F])ccc2cnc(N3CCc4ccncc43)cc12. The molecule has 2 N–H and O–H groups in total. The van der Waals surface area contributed by atoms with Crippen LogP contribution in [0.5, 0.6) is 0 Å². The number of rotatable bonds is 1. The summed E-state index contributed by atoms with van der Waals surface area (Å²) in [6.07, 6.45) is 6.32. The third kappa shape index (κ3) is 1.81. The predicted molar refractivity (Wildman–Crippen MR) is 81.1 cm³/mol. The number of anilines is 3. The van der Waals surface area contributed by atoms with Gasteiger partial charge in [-0.25, -0.2) is 9.37 Å². The van der Waals surface area contributed by atoms with Crippen LogP contribution >= 0.6 is 0 Å². The van der Waals surface area contributed by atoms with Gasteiger partial charge < -0.3 is 10.6 Å². The number of benzene rings is 1. The molecule has 0 fully saturated rings. The molecule has 0 saturated carbocycles. The minimum Gasteiger partial charge on any atom is -0.396 e. The van der Waals surface area contributed by atoms with Crippen molar-refractivity contribution in [1.82, 2.24) is 9.97 Å². The summed E-state index contributed by atoms with van der Waals surface area (Å²) in [7, 11) is 0. The maximum atomic E-state index is 13.6. The lowest BCUT2D eigenvalue weighted by Crippen LogP contribution is -2.14. The molecule has 1 aliphatic heterocycles. The summed E-state index contributed by atoms with van der Waals surface area (Å²) in [5.41, 5.74) is 8.32. The van der Waals surface area contributed by atoms with Gasteiger partial charge in [0.05, 0.1) is 17.6 Å². The molecule has 1 aromatic carbocycles. The number of hydrogen-bond acceptors (Lipinski definition) is 4. The number of nitrogens with zero attached hydrogens (tertiary/aromatic N) is 3. The van der Waals surface area contributed by atoms with E-state index in [0.29, 0.717) is 5.39 Å². The smallest absolute Gasteiger partial charge is 0.146 e. The molecule has 4 nitrogen and oxygen atoms in total. The Morgan fingerprint density at radius 2 is 2.10 bits per heavy atom. The van der Waals surface area contributed by atoms with Gasteiger partial charge in [-0.1, -0.05) is 0 Å². The molecule has 3 aromatic rings. The molecule has 1 aliphatic rings. The predicted octanol–water partition coefficient (Wildman–Crippen LogP) is 3.05. The van der Waals surface area contributed by atoms with Crippen LogP contribution in [-0.2, 0) is 6.42 Å². The van der Waals surface area contributed by atoms with E-state index >= 15 is 0 Å². The van der Waals surface area contributed by atoms with Crippen molar-refractivity contribution in [3.8, 4) is 0 Å². The minimum atomic E-state index is -0.400. The number of fused-ring (bicyclic) bond motifs is 2. The molecule has 104 valence electrons. The molecule has 5 heteroatoms. The second kappa shape index (κ2) is 4.41. The molecule has 4 rings (SSSR count). The fraction of sp³-hybridized carbons (Fsp3) is 0.125. The highest BCUT2D eigenvalue weighted by Gasteiger charge is 2.21. The van der Waals surface area contributed by atoms with Crippen LogP contribution in [0.1, 0.15) is 5.56 Å². The van der Waals surface area contributed by atoms with E-state index in [2.05, 4.69) is 14.9 Å². The molecule has 0 radical (unpaired) electrons. The monoisotopic (exact) mass is 279 g/mol. The highest BCUT2D eigenvalue weighted by Crippen LogP contribution is 2.34. The zero-order valence-electron chi connectivity index (χ0n) is 11.3. The second-order valence-corrected chi connectivity index (χ2v) is 5.13. The summed E-state index contributed by atoms with van der Waals surface area (Å²) in [5.74, 6) is 0.370. The lowest BCUT2D eigenvalue weighted by molar-refractivity contribution is 0.634. The Balaban J connectivity index is 1.87. The third-order valence-electron chi connectivity index (χ3n) is 3.94. The van der Waals surface area contributed by atoms with Gasteiger partial charge in [0, 0.05) is 29.7 Å². The van der Waals surface area contributed by atoms with Crippen molar-refractivity contribution in [1.29, 1.82) is 0 Å². The normalized spacial score (nSPS) is 13.7. The first-order chi connectivity index (χ1) is 10.2. The fourth-order valence-electron chi connectivity index (χ4n) is 2.81. The molecule has 2 aromatic heterocycles. The Hall–Kier alpha value is -2.69. The van der Waals surface area contributed by atoms with Crippen molar-refractivity contribution in [2.45, 2.75) is 6.42 Å². The Morgan fingerprint density at radius 1 is 1.19 bits per heavy atom. The molecule has 3 heterocycles. The largest absolute Gasteiger partial charge is 0.396 e. The summed E-state index contributed by atoms with van der Waals surface area (Å²) in [5, 5.41) is 1.53. The molecule has 21 heavy (non-hydrogen) atoms. The maximum absolute atomic E-state index is 13.6. The van der Waals surface area contributed by atoms with Crippen molar-refractivity contribution in [2.75, 3.05) is 17.2 Å². The zero-order chi connectivity index (χ0) is 14.4. The lowest BCUT2D eigenvalue weighted by Gasteiger charge is -2.18. The molecule has 0 atom stereocenters. The first-order valence-electron chi connectivity index (χ1n) is 6.78. The molecular formula is C16H13FN4. The van der Waals surface area contributed by atoms with Crippen molar-refractivity contribution in [3.63, 3.8) is 0 Å². The number of aromatic nitrogens is 2. The number of nitrogens with two attached hydrogens (primary N) is 1. The Morgan fingerprint density at radius 3 is 3.00 bits per heavy atom. The van der Waals surface area contributed by atoms with Crippen LogP contribution in [0.25, 0.3) is 10.8 Å². The van der Waals surface area contributed by atoms with E-state index in [1.54, 1.807) is 18.5 Å². The Kier molecular flexibility index (Phi) is 2.54. The van der Waals surface area contributed by atoms with E-state index in [1.807, 2.05) is 18.3 Å². The standard InChI is InChI=1S/C16H13FN4/c17-13-2-1-11-8-20-15(7-12(11)16(13)18)21-6-4-10-3-5-19-9-14(10)21/h1-3,5,7-9H,4,6,18H2/i17-1. The highest BCUT2D eigenvalue weighted by atomic mass is 18.2. The molecule has 0 amide bonds. The van der Waals surface area contributed by atoms with Crippen LogP contribution in [-0.4, -0.2) is 16.5 Å². The molecule has 0 aliphatic carbocycles. The van der Waals surface area contributed by atoms with Gasteiger partial charge in [-0.3, -0.25) is 4.98 Å². The average Bonchev–Trinajstić information content (AvgIpc) is 2.95. The van der Waals surface area contributed by atoms with Gasteiger partial charge >= 0.3 is 0 Å². The number of hydrogen-bond donors (Lipinski definition) is 1. The second-order valence-electron chi connectivity index (χ2n) is 5.13. The van der Waals surface area contributed by atoms with Crippen LogP contribution in [0.4, 0.5) is 21.6 Å². The van der Waals surface area contributed by atoms with Crippen LogP contribution in [0, 0.1) is 5.82 Å². The van der Waals surface area contributed by atoms with E-state index in [4.69, 9.17) is 5.73 Å². The summed E-state index contributed by atoms with van der Waals surface area (Å²) < 4.78 is 13.6. The first-order valence-corrected chi connectivity index (χ1v) is 6.78. The number of pyridine rings is 2. The highest BCUT2D eigenvalue weighted by molar-refractivity contribution is 5.94. The van der Waals surface area contributed by atoms with Crippen LogP contribution < -0.4 is 10.6 Å². The van der Waals surface area contributed by atoms with Gasteiger partial charge in [0.1, 0.15) is 11.6 Å². The van der Waals surface area contributed by atoms with Gasteiger partial charge in [0.25, 0.3) is 0 Å². The molecule has 0 bridgehead atoms. The van der Waals surface area contributed by atoms with E-state index < -0.39 is 5.82 Å². The van der Waals surface area contributed by atoms with Crippen molar-refractivity contribution < 1.29 is 4.39 Å². The summed E-state index contributed by atoms with van der Waals surface area (Å²) in [6, 6.07) is 6.92. The van der Waals surface area contributed by atoms with Gasteiger partial charge in [0.2, 0.25) is 0 Å². The molecule has 0 unspecified atom stereocenters. The van der Waals surface area contributed by atoms with Crippen LogP contribution in [0.15, 0.2) is 42.9 Å². The van der Waals surface area contributed by atoms with Crippen molar-refractivity contribution in [2.24, 2.45) is 0 Å². The average molecular weight is 279 g/mol. The Bertz CT molecular complexity index is 847. The quantitative estimate of drug-likeness (QED) is 0.696. The summed E-state index contributed by atoms with van der Waals surface area (Å²) in [4.78, 5) is 10.7. The third-order valence-corrected chi connectivity index (χ3v) is 3.94. The summed E-state index contributed by atoms with van der Waals surface area (Å²) >= 11 is 0. The van der Waals surface area contributed by atoms with E-state index in [-0.39, 0.29) is 5.69 Å². The maximum Gasteiger partial charge on any atom is 0.146 e. The van der Waals surface area contributed by atoms with Crippen LogP contribution in [0.3, 0.4) is 0 Å². The van der Waals surface area contributed by atoms with Crippen molar-refractivity contribution in [3.05, 3.63) is 54.2 Å².